The topological polar surface area (TPSA) is 70.5 Å². The first-order chi connectivity index (χ1) is 24.0. The number of hydrogen-bond donors (Lipinski definition) is 2. The van der Waals surface area contributed by atoms with Gasteiger partial charge in [-0.3, -0.25) is 0 Å². The largest absolute Gasteiger partial charge is 0.456 e. The summed E-state index contributed by atoms with van der Waals surface area (Å²) in [6.45, 7) is 15.6. The number of ether oxygens (including phenoxy) is 2. The number of nitrogens with two attached hydrogens (primary N) is 2. The molecule has 5 aromatic rings. The van der Waals surface area contributed by atoms with Crippen molar-refractivity contribution in [3.05, 3.63) is 141 Å². The van der Waals surface area contributed by atoms with Crippen LogP contribution in [0.25, 0.3) is 0 Å². The van der Waals surface area contributed by atoms with Crippen molar-refractivity contribution in [1.29, 1.82) is 0 Å². The van der Waals surface area contributed by atoms with Gasteiger partial charge < -0.3 is 20.9 Å². The van der Waals surface area contributed by atoms with Crippen molar-refractivity contribution in [2.75, 3.05) is 11.5 Å². The van der Waals surface area contributed by atoms with E-state index in [1.807, 2.05) is 52.0 Å². The number of benzene rings is 5. The van der Waals surface area contributed by atoms with E-state index in [9.17, 15) is 26.3 Å². The van der Waals surface area contributed by atoms with Crippen molar-refractivity contribution < 1.29 is 35.8 Å². The highest BCUT2D eigenvalue weighted by Crippen LogP contribution is 2.44. The van der Waals surface area contributed by atoms with E-state index in [0.29, 0.717) is 33.8 Å². The highest BCUT2D eigenvalue weighted by atomic mass is 19.4. The van der Waals surface area contributed by atoms with Crippen molar-refractivity contribution in [1.82, 2.24) is 0 Å². The molecular weight excluding hydrogens is 678 g/mol. The molecule has 0 amide bonds. The summed E-state index contributed by atoms with van der Waals surface area (Å²) in [5.74, 6) is 0.0671. The normalized spacial score (nSPS) is 12.6. The van der Waals surface area contributed by atoms with Crippen molar-refractivity contribution in [2.24, 2.45) is 0 Å². The maximum atomic E-state index is 13.7. The molecule has 0 atom stereocenters. The van der Waals surface area contributed by atoms with Crippen LogP contribution in [0.2, 0.25) is 0 Å². The van der Waals surface area contributed by atoms with E-state index in [2.05, 4.69) is 52.0 Å². The van der Waals surface area contributed by atoms with Crippen LogP contribution < -0.4 is 20.9 Å². The minimum absolute atomic E-state index is 0.00578. The zero-order valence-corrected chi connectivity index (χ0v) is 30.3. The molecule has 0 bridgehead atoms. The van der Waals surface area contributed by atoms with E-state index in [-0.39, 0.29) is 22.9 Å². The van der Waals surface area contributed by atoms with E-state index in [4.69, 9.17) is 20.9 Å². The van der Waals surface area contributed by atoms with Crippen LogP contribution in [0.3, 0.4) is 0 Å². The lowest BCUT2D eigenvalue weighted by molar-refractivity contribution is -0.139. The Morgan fingerprint density at radius 2 is 0.712 bits per heavy atom. The van der Waals surface area contributed by atoms with Crippen molar-refractivity contribution in [3.8, 4) is 23.0 Å². The summed E-state index contributed by atoms with van der Waals surface area (Å²) in [5, 5.41) is 0. The van der Waals surface area contributed by atoms with Crippen LogP contribution in [-0.4, -0.2) is 0 Å². The van der Waals surface area contributed by atoms with Gasteiger partial charge in [0.2, 0.25) is 0 Å². The Morgan fingerprint density at radius 1 is 0.423 bits per heavy atom. The maximum absolute atomic E-state index is 13.7. The number of halogens is 6. The first kappa shape index (κ1) is 38.1. The van der Waals surface area contributed by atoms with Crippen molar-refractivity contribution in [3.63, 3.8) is 0 Å². The monoisotopic (exact) mass is 720 g/mol. The summed E-state index contributed by atoms with van der Waals surface area (Å²) in [5.41, 5.74) is 15.2. The summed E-state index contributed by atoms with van der Waals surface area (Å²) >= 11 is 0. The van der Waals surface area contributed by atoms with Crippen LogP contribution in [-0.2, 0) is 23.2 Å². The van der Waals surface area contributed by atoms with E-state index >= 15 is 0 Å². The zero-order valence-electron chi connectivity index (χ0n) is 30.3. The average Bonchev–Trinajstić information content (AvgIpc) is 3.04. The fourth-order valence-corrected chi connectivity index (χ4v) is 6.52. The summed E-state index contributed by atoms with van der Waals surface area (Å²) in [7, 11) is 0. The molecule has 0 saturated carbocycles. The molecule has 10 heteroatoms. The van der Waals surface area contributed by atoms with Gasteiger partial charge in [-0.05, 0) is 109 Å². The fraction of sp³-hybridized carbons (Fsp3) is 0.286. The van der Waals surface area contributed by atoms with E-state index in [0.717, 1.165) is 34.4 Å². The molecule has 0 heterocycles. The van der Waals surface area contributed by atoms with Crippen molar-refractivity contribution >= 4 is 11.4 Å². The molecule has 4 nitrogen and oxygen atoms in total. The highest BCUT2D eigenvalue weighted by Gasteiger charge is 2.36. The molecule has 0 radical (unpaired) electrons. The Bertz CT molecular complexity index is 1930. The molecule has 0 aliphatic carbocycles. The Kier molecular flexibility index (Phi) is 9.86. The molecule has 0 aliphatic heterocycles. The van der Waals surface area contributed by atoms with Crippen LogP contribution in [0, 0.1) is 27.7 Å². The number of hydrogen-bond acceptors (Lipinski definition) is 4. The van der Waals surface area contributed by atoms with Gasteiger partial charge in [-0.2, -0.15) is 26.3 Å². The number of anilines is 2. The molecule has 4 N–H and O–H groups in total. The van der Waals surface area contributed by atoms with Gasteiger partial charge in [0.15, 0.2) is 0 Å². The predicted molar refractivity (Wildman–Crippen MR) is 194 cm³/mol. The molecule has 5 aromatic carbocycles. The Labute approximate surface area is 300 Å². The van der Waals surface area contributed by atoms with Gasteiger partial charge in [0, 0.05) is 22.2 Å². The first-order valence-electron chi connectivity index (χ1n) is 16.6. The molecule has 0 spiro atoms. The van der Waals surface area contributed by atoms with Gasteiger partial charge in [-0.1, -0.05) is 76.2 Å². The van der Waals surface area contributed by atoms with E-state index in [1.165, 1.54) is 24.3 Å². The van der Waals surface area contributed by atoms with Gasteiger partial charge in [0.1, 0.15) is 34.1 Å². The number of rotatable bonds is 8. The third-order valence-corrected chi connectivity index (χ3v) is 9.73. The van der Waals surface area contributed by atoms with Crippen LogP contribution in [0.1, 0.15) is 83.3 Å². The van der Waals surface area contributed by atoms with Gasteiger partial charge in [-0.25, -0.2) is 0 Å². The predicted octanol–water partition coefficient (Wildman–Crippen LogP) is 12.4. The van der Waals surface area contributed by atoms with Crippen LogP contribution in [0.4, 0.5) is 37.7 Å². The quantitative estimate of drug-likeness (QED) is 0.124. The fourth-order valence-electron chi connectivity index (χ4n) is 6.52. The van der Waals surface area contributed by atoms with Crippen LogP contribution >= 0.6 is 0 Å². The Balaban J connectivity index is 1.41. The maximum Gasteiger partial charge on any atom is 0.420 e. The zero-order chi connectivity index (χ0) is 38.6. The van der Waals surface area contributed by atoms with Gasteiger partial charge in [-0.15, -0.1) is 0 Å². The second kappa shape index (κ2) is 13.5. The lowest BCUT2D eigenvalue weighted by Crippen LogP contribution is -2.22. The standard InChI is InChI=1S/C42H42F6N2O2/c1-23-17-29(18-24(2)37(23)51-35-15-13-31(49)21-33(35)41(43,44)45)39(5,6)27-9-11-28(12-10-27)40(7,8)30-19-25(3)38(26(4)20-30)52-36-16-14-32(50)22-34(36)42(46,47)48/h9-22H,49-50H2,1-8H3. The van der Waals surface area contributed by atoms with Gasteiger partial charge in [0.05, 0.1) is 0 Å². The summed E-state index contributed by atoms with van der Waals surface area (Å²) in [6, 6.07) is 22.9. The lowest BCUT2D eigenvalue weighted by Gasteiger charge is -2.31. The van der Waals surface area contributed by atoms with Gasteiger partial charge >= 0.3 is 12.4 Å². The molecule has 0 unspecified atom stereocenters. The minimum Gasteiger partial charge on any atom is -0.456 e. The SMILES string of the molecule is Cc1cc(C(C)(C)c2ccc(C(C)(C)c3cc(C)c(Oc4ccc(N)cc4C(F)(F)F)c(C)c3)cc2)cc(C)c1Oc1ccc(N)cc1C(F)(F)F. The second-order valence-corrected chi connectivity index (χ2v) is 14.4. The smallest absolute Gasteiger partial charge is 0.420 e. The number of aryl methyl sites for hydroxylation is 4. The third kappa shape index (κ3) is 7.56. The first-order valence-corrected chi connectivity index (χ1v) is 16.6. The number of alkyl halides is 6. The van der Waals surface area contributed by atoms with E-state index < -0.39 is 34.3 Å². The summed E-state index contributed by atoms with van der Waals surface area (Å²) in [6.07, 6.45) is -9.26. The third-order valence-electron chi connectivity index (χ3n) is 9.73. The molecule has 52 heavy (non-hydrogen) atoms. The highest BCUT2D eigenvalue weighted by molar-refractivity contribution is 5.56. The van der Waals surface area contributed by atoms with Crippen molar-refractivity contribution in [2.45, 2.75) is 78.6 Å². The minimum atomic E-state index is -4.63. The second-order valence-electron chi connectivity index (χ2n) is 14.4. The van der Waals surface area contributed by atoms with E-state index in [1.54, 1.807) is 0 Å². The molecule has 0 fully saturated rings. The van der Waals surface area contributed by atoms with Crippen LogP contribution in [0.15, 0.2) is 84.9 Å². The van der Waals surface area contributed by atoms with Gasteiger partial charge in [0.25, 0.3) is 0 Å². The summed E-state index contributed by atoms with van der Waals surface area (Å²) < 4.78 is 94.2. The average molecular weight is 721 g/mol. The Hall–Kier alpha value is -5.12. The molecule has 0 saturated heterocycles. The molecular formula is C42H42F6N2O2. The molecule has 0 aromatic heterocycles. The van der Waals surface area contributed by atoms with Crippen LogP contribution in [0.5, 0.6) is 23.0 Å². The summed E-state index contributed by atoms with van der Waals surface area (Å²) in [4.78, 5) is 0. The lowest BCUT2D eigenvalue weighted by atomic mass is 9.74. The molecule has 5 rings (SSSR count). The Morgan fingerprint density at radius 3 is 0.981 bits per heavy atom. The molecule has 0 aliphatic rings. The molecule has 274 valence electrons. The number of nitrogen functional groups attached to an aromatic ring is 2.